The Kier molecular flexibility index (Phi) is 4.99. The third-order valence-electron chi connectivity index (χ3n) is 3.79. The Morgan fingerprint density at radius 2 is 2.32 bits per heavy atom. The molecule has 0 aliphatic carbocycles. The molecule has 1 N–H and O–H groups in total. The number of hydrogen-bond donors (Lipinski definition) is 1. The highest BCUT2D eigenvalue weighted by atomic mass is 79.9. The molecule has 0 radical (unpaired) electrons. The fraction of sp³-hybridized carbons (Fsp3) is 0.533. The van der Waals surface area contributed by atoms with E-state index in [0.29, 0.717) is 5.92 Å². The van der Waals surface area contributed by atoms with E-state index in [2.05, 4.69) is 33.2 Å². The molecule has 1 unspecified atom stereocenters. The summed E-state index contributed by atoms with van der Waals surface area (Å²) in [5, 5.41) is 3.07. The second kappa shape index (κ2) is 6.53. The van der Waals surface area contributed by atoms with Crippen LogP contribution in [0.1, 0.15) is 28.8 Å². The van der Waals surface area contributed by atoms with Crippen LogP contribution in [0.5, 0.6) is 0 Å². The summed E-state index contributed by atoms with van der Waals surface area (Å²) in [5.74, 6) is 0.613. The summed E-state index contributed by atoms with van der Waals surface area (Å²) in [6, 6.07) is 5.74. The molecular formula is C15H21BrN2O. The Balaban J connectivity index is 1.92. The largest absolute Gasteiger partial charge is 0.352 e. The molecular weight excluding hydrogens is 304 g/mol. The van der Waals surface area contributed by atoms with Gasteiger partial charge in [-0.2, -0.15) is 0 Å². The van der Waals surface area contributed by atoms with Gasteiger partial charge in [0.1, 0.15) is 0 Å². The van der Waals surface area contributed by atoms with Gasteiger partial charge in [0, 0.05) is 23.1 Å². The van der Waals surface area contributed by atoms with Crippen LogP contribution in [0, 0.1) is 12.8 Å². The molecule has 0 spiro atoms. The zero-order chi connectivity index (χ0) is 13.8. The van der Waals surface area contributed by atoms with Gasteiger partial charge in [0.15, 0.2) is 0 Å². The predicted octanol–water partition coefficient (Wildman–Crippen LogP) is 2.83. The second-order valence-electron chi connectivity index (χ2n) is 5.39. The van der Waals surface area contributed by atoms with Gasteiger partial charge in [-0.05, 0) is 57.0 Å². The van der Waals surface area contributed by atoms with Crippen molar-refractivity contribution < 1.29 is 4.79 Å². The molecule has 0 saturated carbocycles. The lowest BCUT2D eigenvalue weighted by molar-refractivity contribution is 0.0936. The van der Waals surface area contributed by atoms with Crippen LogP contribution >= 0.6 is 15.9 Å². The average molecular weight is 325 g/mol. The van der Waals surface area contributed by atoms with E-state index in [-0.39, 0.29) is 5.91 Å². The maximum absolute atomic E-state index is 12.2. The summed E-state index contributed by atoms with van der Waals surface area (Å²) < 4.78 is 0.984. The smallest absolute Gasteiger partial charge is 0.251 e. The molecule has 1 aliphatic rings. The molecule has 2 rings (SSSR count). The number of nitrogens with zero attached hydrogens (tertiary/aromatic N) is 1. The van der Waals surface area contributed by atoms with E-state index in [9.17, 15) is 4.79 Å². The summed E-state index contributed by atoms with van der Waals surface area (Å²) in [5.41, 5.74) is 1.76. The molecule has 104 valence electrons. The first kappa shape index (κ1) is 14.5. The first-order valence-corrected chi connectivity index (χ1v) is 7.59. The Morgan fingerprint density at radius 1 is 1.53 bits per heavy atom. The summed E-state index contributed by atoms with van der Waals surface area (Å²) in [6.07, 6.45) is 2.44. The third-order valence-corrected chi connectivity index (χ3v) is 4.64. The van der Waals surface area contributed by atoms with Crippen LogP contribution in [0.4, 0.5) is 0 Å². The number of carbonyl (C=O) groups is 1. The van der Waals surface area contributed by atoms with E-state index in [1.165, 1.54) is 19.4 Å². The minimum Gasteiger partial charge on any atom is -0.352 e. The van der Waals surface area contributed by atoms with Gasteiger partial charge in [0.05, 0.1) is 0 Å². The summed E-state index contributed by atoms with van der Waals surface area (Å²) in [7, 11) is 2.15. The SMILES string of the molecule is Cc1c(Br)cccc1C(=O)NCC1CCCN(C)C1. The zero-order valence-corrected chi connectivity index (χ0v) is 13.2. The van der Waals surface area contributed by atoms with Crippen molar-refractivity contribution >= 4 is 21.8 Å². The maximum atomic E-state index is 12.2. The Morgan fingerprint density at radius 3 is 3.05 bits per heavy atom. The number of benzene rings is 1. The van der Waals surface area contributed by atoms with Crippen molar-refractivity contribution in [3.63, 3.8) is 0 Å². The molecule has 1 heterocycles. The van der Waals surface area contributed by atoms with Gasteiger partial charge in [-0.25, -0.2) is 0 Å². The number of hydrogen-bond acceptors (Lipinski definition) is 2. The quantitative estimate of drug-likeness (QED) is 0.927. The van der Waals surface area contributed by atoms with Crippen LogP contribution in [-0.4, -0.2) is 37.5 Å². The van der Waals surface area contributed by atoms with E-state index < -0.39 is 0 Å². The van der Waals surface area contributed by atoms with Crippen molar-refractivity contribution in [1.29, 1.82) is 0 Å². The fourth-order valence-corrected chi connectivity index (χ4v) is 2.99. The van der Waals surface area contributed by atoms with E-state index in [4.69, 9.17) is 0 Å². The van der Waals surface area contributed by atoms with Gasteiger partial charge in [-0.15, -0.1) is 0 Å². The maximum Gasteiger partial charge on any atom is 0.251 e. The van der Waals surface area contributed by atoms with Gasteiger partial charge >= 0.3 is 0 Å². The van der Waals surface area contributed by atoms with Crippen LogP contribution < -0.4 is 5.32 Å². The monoisotopic (exact) mass is 324 g/mol. The summed E-state index contributed by atoms with van der Waals surface area (Å²) >= 11 is 3.46. The van der Waals surface area contributed by atoms with Crippen molar-refractivity contribution in [2.45, 2.75) is 19.8 Å². The average Bonchev–Trinajstić information content (AvgIpc) is 2.39. The number of rotatable bonds is 3. The normalized spacial score (nSPS) is 20.3. The molecule has 1 amide bonds. The molecule has 4 heteroatoms. The number of amides is 1. The number of piperidine rings is 1. The standard InChI is InChI=1S/C15H21BrN2O/c1-11-13(6-3-7-14(11)16)15(19)17-9-12-5-4-8-18(2)10-12/h3,6-7,12H,4-5,8-10H2,1-2H3,(H,17,19). The first-order valence-electron chi connectivity index (χ1n) is 6.80. The highest BCUT2D eigenvalue weighted by Gasteiger charge is 2.18. The Bertz CT molecular complexity index is 461. The number of likely N-dealkylation sites (tertiary alicyclic amines) is 1. The highest BCUT2D eigenvalue weighted by molar-refractivity contribution is 9.10. The van der Waals surface area contributed by atoms with Crippen LogP contribution in [0.2, 0.25) is 0 Å². The highest BCUT2D eigenvalue weighted by Crippen LogP contribution is 2.19. The van der Waals surface area contributed by atoms with Crippen molar-refractivity contribution in [2.75, 3.05) is 26.7 Å². The van der Waals surface area contributed by atoms with Gasteiger partial charge in [-0.1, -0.05) is 22.0 Å². The zero-order valence-electron chi connectivity index (χ0n) is 11.6. The minimum atomic E-state index is 0.0343. The topological polar surface area (TPSA) is 32.3 Å². The number of nitrogens with one attached hydrogen (secondary N) is 1. The van der Waals surface area contributed by atoms with Crippen molar-refractivity contribution in [2.24, 2.45) is 5.92 Å². The van der Waals surface area contributed by atoms with E-state index in [1.807, 2.05) is 25.1 Å². The molecule has 0 aromatic heterocycles. The van der Waals surface area contributed by atoms with Gasteiger partial charge in [0.2, 0.25) is 0 Å². The number of carbonyl (C=O) groups excluding carboxylic acids is 1. The van der Waals surface area contributed by atoms with E-state index in [1.54, 1.807) is 0 Å². The fourth-order valence-electron chi connectivity index (χ4n) is 2.63. The molecule has 1 aliphatic heterocycles. The molecule has 0 bridgehead atoms. The van der Waals surface area contributed by atoms with Gasteiger partial charge < -0.3 is 10.2 Å². The van der Waals surface area contributed by atoms with Crippen molar-refractivity contribution in [3.8, 4) is 0 Å². The lowest BCUT2D eigenvalue weighted by Gasteiger charge is -2.29. The molecule has 1 aromatic rings. The molecule has 1 aromatic carbocycles. The first-order chi connectivity index (χ1) is 9.08. The lowest BCUT2D eigenvalue weighted by Crippen LogP contribution is -2.39. The number of halogens is 1. The lowest BCUT2D eigenvalue weighted by atomic mass is 9.98. The predicted molar refractivity (Wildman–Crippen MR) is 81.4 cm³/mol. The van der Waals surface area contributed by atoms with Crippen molar-refractivity contribution in [1.82, 2.24) is 10.2 Å². The van der Waals surface area contributed by atoms with E-state index >= 15 is 0 Å². The molecule has 1 saturated heterocycles. The molecule has 3 nitrogen and oxygen atoms in total. The van der Waals surface area contributed by atoms with Crippen LogP contribution in [-0.2, 0) is 0 Å². The Hall–Kier alpha value is -0.870. The van der Waals surface area contributed by atoms with Crippen LogP contribution in [0.15, 0.2) is 22.7 Å². The summed E-state index contributed by atoms with van der Waals surface area (Å²) in [6.45, 7) is 5.00. The second-order valence-corrected chi connectivity index (χ2v) is 6.25. The van der Waals surface area contributed by atoms with E-state index in [0.717, 1.165) is 28.7 Å². The van der Waals surface area contributed by atoms with Gasteiger partial charge in [-0.3, -0.25) is 4.79 Å². The molecule has 1 atom stereocenters. The summed E-state index contributed by atoms with van der Waals surface area (Å²) in [4.78, 5) is 14.5. The van der Waals surface area contributed by atoms with Crippen molar-refractivity contribution in [3.05, 3.63) is 33.8 Å². The minimum absolute atomic E-state index is 0.0343. The molecule has 1 fully saturated rings. The third kappa shape index (κ3) is 3.80. The molecule has 19 heavy (non-hydrogen) atoms. The Labute approximate surface area is 123 Å². The van der Waals surface area contributed by atoms with Crippen LogP contribution in [0.25, 0.3) is 0 Å². The van der Waals surface area contributed by atoms with Crippen LogP contribution in [0.3, 0.4) is 0 Å². The van der Waals surface area contributed by atoms with Gasteiger partial charge in [0.25, 0.3) is 5.91 Å².